The summed E-state index contributed by atoms with van der Waals surface area (Å²) < 4.78 is 0. The number of benzene rings is 1. The fourth-order valence-electron chi connectivity index (χ4n) is 1.38. The Labute approximate surface area is 96.6 Å². The van der Waals surface area contributed by atoms with Crippen LogP contribution in [0.1, 0.15) is 6.42 Å². The highest BCUT2D eigenvalue weighted by Crippen LogP contribution is 2.16. The van der Waals surface area contributed by atoms with Crippen molar-refractivity contribution in [2.75, 3.05) is 38.3 Å². The number of amides is 1. The summed E-state index contributed by atoms with van der Waals surface area (Å²) in [4.78, 5) is 15.1. The number of carbonyl (C=O) groups excluding carboxylic acids is 1. The Morgan fingerprint density at radius 1 is 1.31 bits per heavy atom. The molecule has 1 aromatic carbocycles. The number of nitrogens with zero attached hydrogens (tertiary/aromatic N) is 2. The number of carbonyl (C=O) groups is 1. The Morgan fingerprint density at radius 2 is 2.00 bits per heavy atom. The van der Waals surface area contributed by atoms with Crippen molar-refractivity contribution in [3.63, 3.8) is 0 Å². The maximum Gasteiger partial charge on any atom is 0.223 e. The Bertz CT molecular complexity index is 363. The fraction of sp³-hybridized carbons (Fsp3) is 0.417. The molecule has 4 nitrogen and oxygen atoms in total. The smallest absolute Gasteiger partial charge is 0.223 e. The van der Waals surface area contributed by atoms with Crippen molar-refractivity contribution in [2.45, 2.75) is 6.42 Å². The van der Waals surface area contributed by atoms with Gasteiger partial charge in [0.05, 0.1) is 0 Å². The average Bonchev–Trinajstić information content (AvgIpc) is 2.25. The lowest BCUT2D eigenvalue weighted by atomic mass is 10.2. The third kappa shape index (κ3) is 3.46. The third-order valence-electron chi connectivity index (χ3n) is 2.47. The summed E-state index contributed by atoms with van der Waals surface area (Å²) in [5.41, 5.74) is 7.47. The summed E-state index contributed by atoms with van der Waals surface area (Å²) in [5, 5.41) is 0. The van der Waals surface area contributed by atoms with Crippen LogP contribution >= 0.6 is 0 Å². The number of hydrogen-bond donors (Lipinski definition) is 1. The lowest BCUT2D eigenvalue weighted by Crippen LogP contribution is -2.27. The van der Waals surface area contributed by atoms with E-state index in [1.54, 1.807) is 19.0 Å². The van der Waals surface area contributed by atoms with Gasteiger partial charge in [0.15, 0.2) is 0 Å². The van der Waals surface area contributed by atoms with Crippen LogP contribution in [-0.2, 0) is 4.79 Å². The van der Waals surface area contributed by atoms with E-state index in [9.17, 15) is 4.79 Å². The van der Waals surface area contributed by atoms with Gasteiger partial charge in [-0.1, -0.05) is 6.07 Å². The van der Waals surface area contributed by atoms with Gasteiger partial charge in [-0.05, 0) is 18.2 Å². The molecule has 0 unspecified atom stereocenters. The molecule has 0 atom stereocenters. The van der Waals surface area contributed by atoms with Gasteiger partial charge < -0.3 is 15.5 Å². The molecule has 1 amide bonds. The van der Waals surface area contributed by atoms with E-state index in [2.05, 4.69) is 0 Å². The third-order valence-corrected chi connectivity index (χ3v) is 2.47. The molecule has 0 saturated carbocycles. The summed E-state index contributed by atoms with van der Waals surface area (Å²) in [5.74, 6) is 0.135. The zero-order valence-electron chi connectivity index (χ0n) is 10.1. The van der Waals surface area contributed by atoms with Gasteiger partial charge in [0.2, 0.25) is 5.91 Å². The summed E-state index contributed by atoms with van der Waals surface area (Å²) in [7, 11) is 5.49. The van der Waals surface area contributed by atoms with E-state index in [-0.39, 0.29) is 5.91 Å². The zero-order chi connectivity index (χ0) is 12.1. The van der Waals surface area contributed by atoms with Crippen molar-refractivity contribution in [3.05, 3.63) is 24.3 Å². The number of nitrogens with two attached hydrogens (primary N) is 1. The molecule has 0 aliphatic heterocycles. The lowest BCUT2D eigenvalue weighted by molar-refractivity contribution is -0.128. The molecule has 0 fully saturated rings. The molecule has 0 radical (unpaired) electrons. The second kappa shape index (κ2) is 5.39. The number of rotatable bonds is 4. The molecule has 0 aliphatic rings. The standard InChI is InChI=1S/C12H19N3O/c1-14(2)12(16)7-8-15(3)11-6-4-5-10(13)9-11/h4-6,9H,7-8,13H2,1-3H3. The molecule has 0 saturated heterocycles. The highest BCUT2D eigenvalue weighted by Gasteiger charge is 2.06. The first-order chi connectivity index (χ1) is 7.50. The molecule has 0 spiro atoms. The van der Waals surface area contributed by atoms with Crippen LogP contribution in [0.4, 0.5) is 11.4 Å². The van der Waals surface area contributed by atoms with Crippen LogP contribution in [0.25, 0.3) is 0 Å². The molecule has 88 valence electrons. The van der Waals surface area contributed by atoms with E-state index < -0.39 is 0 Å². The summed E-state index contributed by atoms with van der Waals surface area (Å²) in [6.45, 7) is 0.695. The lowest BCUT2D eigenvalue weighted by Gasteiger charge is -2.20. The number of anilines is 2. The van der Waals surface area contributed by atoms with Gasteiger partial charge in [0.1, 0.15) is 0 Å². The van der Waals surface area contributed by atoms with Crippen molar-refractivity contribution in [1.82, 2.24) is 4.90 Å². The average molecular weight is 221 g/mol. The van der Waals surface area contributed by atoms with Crippen molar-refractivity contribution < 1.29 is 4.79 Å². The Kier molecular flexibility index (Phi) is 4.17. The topological polar surface area (TPSA) is 49.6 Å². The molecule has 0 bridgehead atoms. The predicted molar refractivity (Wildman–Crippen MR) is 67.4 cm³/mol. The predicted octanol–water partition coefficient (Wildman–Crippen LogP) is 1.18. The van der Waals surface area contributed by atoms with Crippen LogP contribution in [0.2, 0.25) is 0 Å². The first kappa shape index (κ1) is 12.4. The van der Waals surface area contributed by atoms with Gasteiger partial charge in [0, 0.05) is 45.5 Å². The van der Waals surface area contributed by atoms with E-state index >= 15 is 0 Å². The van der Waals surface area contributed by atoms with E-state index in [1.807, 2.05) is 36.2 Å². The minimum atomic E-state index is 0.135. The summed E-state index contributed by atoms with van der Waals surface area (Å²) in [6.07, 6.45) is 0.512. The zero-order valence-corrected chi connectivity index (χ0v) is 10.1. The quantitative estimate of drug-likeness (QED) is 0.777. The van der Waals surface area contributed by atoms with Crippen LogP contribution in [0.5, 0.6) is 0 Å². The van der Waals surface area contributed by atoms with Crippen molar-refractivity contribution >= 4 is 17.3 Å². The second-order valence-corrected chi connectivity index (χ2v) is 4.05. The van der Waals surface area contributed by atoms with E-state index in [1.165, 1.54) is 0 Å². The largest absolute Gasteiger partial charge is 0.399 e. The SMILES string of the molecule is CN(C)C(=O)CCN(C)c1cccc(N)c1. The minimum absolute atomic E-state index is 0.135. The number of hydrogen-bond acceptors (Lipinski definition) is 3. The van der Waals surface area contributed by atoms with E-state index in [4.69, 9.17) is 5.73 Å². The van der Waals surface area contributed by atoms with Gasteiger partial charge in [-0.15, -0.1) is 0 Å². The van der Waals surface area contributed by atoms with Gasteiger partial charge in [0.25, 0.3) is 0 Å². The highest BCUT2D eigenvalue weighted by molar-refractivity contribution is 5.76. The molecule has 4 heteroatoms. The molecular formula is C12H19N3O. The molecule has 1 aromatic rings. The normalized spacial score (nSPS) is 9.94. The molecule has 0 aromatic heterocycles. The van der Waals surface area contributed by atoms with Crippen LogP contribution in [0, 0.1) is 0 Å². The van der Waals surface area contributed by atoms with Crippen molar-refractivity contribution in [3.8, 4) is 0 Å². The van der Waals surface area contributed by atoms with Crippen molar-refractivity contribution in [1.29, 1.82) is 0 Å². The maximum absolute atomic E-state index is 11.4. The second-order valence-electron chi connectivity index (χ2n) is 4.05. The molecule has 0 aliphatic carbocycles. The van der Waals surface area contributed by atoms with E-state index in [0.717, 1.165) is 11.4 Å². The summed E-state index contributed by atoms with van der Waals surface area (Å²) in [6, 6.07) is 7.65. The van der Waals surface area contributed by atoms with Gasteiger partial charge in [-0.3, -0.25) is 4.79 Å². The molecule has 16 heavy (non-hydrogen) atoms. The Hall–Kier alpha value is -1.71. The van der Waals surface area contributed by atoms with Gasteiger partial charge in [-0.2, -0.15) is 0 Å². The Balaban J connectivity index is 2.53. The maximum atomic E-state index is 11.4. The van der Waals surface area contributed by atoms with Gasteiger partial charge >= 0.3 is 0 Å². The van der Waals surface area contributed by atoms with Crippen LogP contribution < -0.4 is 10.6 Å². The van der Waals surface area contributed by atoms with Crippen LogP contribution in [0.3, 0.4) is 0 Å². The Morgan fingerprint density at radius 3 is 2.56 bits per heavy atom. The van der Waals surface area contributed by atoms with Crippen LogP contribution in [0.15, 0.2) is 24.3 Å². The first-order valence-corrected chi connectivity index (χ1v) is 5.27. The number of nitrogen functional groups attached to an aromatic ring is 1. The monoisotopic (exact) mass is 221 g/mol. The molecular weight excluding hydrogens is 202 g/mol. The van der Waals surface area contributed by atoms with Gasteiger partial charge in [-0.25, -0.2) is 0 Å². The van der Waals surface area contributed by atoms with Crippen molar-refractivity contribution in [2.24, 2.45) is 0 Å². The highest BCUT2D eigenvalue weighted by atomic mass is 16.2. The molecule has 1 rings (SSSR count). The van der Waals surface area contributed by atoms with E-state index in [0.29, 0.717) is 13.0 Å². The molecule has 0 heterocycles. The first-order valence-electron chi connectivity index (χ1n) is 5.27. The fourth-order valence-corrected chi connectivity index (χ4v) is 1.38. The minimum Gasteiger partial charge on any atom is -0.399 e. The van der Waals surface area contributed by atoms with Crippen LogP contribution in [-0.4, -0.2) is 38.5 Å². The molecule has 2 N–H and O–H groups in total. The summed E-state index contributed by atoms with van der Waals surface area (Å²) >= 11 is 0.